The van der Waals surface area contributed by atoms with Gasteiger partial charge in [0.2, 0.25) is 5.88 Å². The normalized spacial score (nSPS) is 13.7. The highest BCUT2D eigenvalue weighted by molar-refractivity contribution is 5.92. The number of benzene rings is 1. The van der Waals surface area contributed by atoms with E-state index < -0.39 is 0 Å². The molecule has 34 heavy (non-hydrogen) atoms. The standard InChI is InChI=1S/C25H26N6O3/c1-17-13-22(25(32)28-15-19-5-3-18(14-26)4-6-19)29-30-24(17)31-11-9-20(10-12-31)34-21-7-8-23(33-2)27-16-21/h3-8,13,16,20H,9-12,15H2,1-2H3,(H,28,32). The van der Waals surface area contributed by atoms with E-state index in [1.165, 1.54) is 0 Å². The Morgan fingerprint density at radius 3 is 2.56 bits per heavy atom. The lowest BCUT2D eigenvalue weighted by Crippen LogP contribution is -2.39. The molecule has 1 aliphatic rings. The zero-order valence-electron chi connectivity index (χ0n) is 19.2. The molecule has 2 aromatic heterocycles. The first-order chi connectivity index (χ1) is 16.6. The zero-order chi connectivity index (χ0) is 23.9. The molecular formula is C25H26N6O3. The molecule has 9 nitrogen and oxygen atoms in total. The van der Waals surface area contributed by atoms with Gasteiger partial charge in [0.05, 0.1) is 24.9 Å². The number of nitrogens with one attached hydrogen (secondary N) is 1. The number of aryl methyl sites for hydroxylation is 1. The predicted octanol–water partition coefficient (Wildman–Crippen LogP) is 3.04. The monoisotopic (exact) mass is 458 g/mol. The van der Waals surface area contributed by atoms with Crippen LogP contribution < -0.4 is 19.7 Å². The molecule has 0 atom stereocenters. The van der Waals surface area contributed by atoms with Crippen LogP contribution in [0.2, 0.25) is 0 Å². The van der Waals surface area contributed by atoms with E-state index >= 15 is 0 Å². The molecule has 0 radical (unpaired) electrons. The zero-order valence-corrected chi connectivity index (χ0v) is 19.2. The second-order valence-electron chi connectivity index (χ2n) is 8.07. The van der Waals surface area contributed by atoms with Gasteiger partial charge in [0, 0.05) is 38.5 Å². The van der Waals surface area contributed by atoms with Crippen molar-refractivity contribution in [3.8, 4) is 17.7 Å². The average molecular weight is 459 g/mol. The third kappa shape index (κ3) is 5.59. The number of aromatic nitrogens is 3. The van der Waals surface area contributed by atoms with Crippen LogP contribution in [0.4, 0.5) is 5.82 Å². The Morgan fingerprint density at radius 2 is 1.94 bits per heavy atom. The van der Waals surface area contributed by atoms with Gasteiger partial charge < -0.3 is 19.7 Å². The van der Waals surface area contributed by atoms with Crippen molar-refractivity contribution in [3.63, 3.8) is 0 Å². The number of pyridine rings is 1. The molecule has 0 bridgehead atoms. The van der Waals surface area contributed by atoms with E-state index in [1.54, 1.807) is 37.6 Å². The van der Waals surface area contributed by atoms with Gasteiger partial charge in [0.15, 0.2) is 11.5 Å². The number of piperidine rings is 1. The lowest BCUT2D eigenvalue weighted by atomic mass is 10.1. The maximum Gasteiger partial charge on any atom is 0.272 e. The van der Waals surface area contributed by atoms with Crippen LogP contribution in [-0.4, -0.2) is 47.4 Å². The summed E-state index contributed by atoms with van der Waals surface area (Å²) in [4.78, 5) is 18.9. The SMILES string of the molecule is COc1ccc(OC2CCN(c3nnc(C(=O)NCc4ccc(C#N)cc4)cc3C)CC2)cn1. The third-order valence-electron chi connectivity index (χ3n) is 5.69. The van der Waals surface area contributed by atoms with Crippen molar-refractivity contribution in [1.29, 1.82) is 5.26 Å². The molecule has 0 saturated carbocycles. The van der Waals surface area contributed by atoms with E-state index in [1.807, 2.05) is 25.1 Å². The number of nitriles is 1. The molecule has 3 heterocycles. The Kier molecular flexibility index (Phi) is 7.18. The number of nitrogens with zero attached hydrogens (tertiary/aromatic N) is 5. The number of ether oxygens (including phenoxy) is 2. The number of hydrogen-bond acceptors (Lipinski definition) is 8. The summed E-state index contributed by atoms with van der Waals surface area (Å²) in [5.41, 5.74) is 2.67. The highest BCUT2D eigenvalue weighted by Crippen LogP contribution is 2.24. The fourth-order valence-electron chi connectivity index (χ4n) is 3.81. The number of carbonyl (C=O) groups excluding carboxylic acids is 1. The van der Waals surface area contributed by atoms with Crippen molar-refractivity contribution in [2.45, 2.75) is 32.4 Å². The Bertz CT molecular complexity index is 1170. The van der Waals surface area contributed by atoms with Gasteiger partial charge >= 0.3 is 0 Å². The molecule has 1 aromatic carbocycles. The third-order valence-corrected chi connectivity index (χ3v) is 5.69. The van der Waals surface area contributed by atoms with Crippen LogP contribution in [0.15, 0.2) is 48.7 Å². The summed E-state index contributed by atoms with van der Waals surface area (Å²) in [7, 11) is 1.58. The fourth-order valence-corrected chi connectivity index (χ4v) is 3.81. The lowest BCUT2D eigenvalue weighted by molar-refractivity contribution is 0.0945. The van der Waals surface area contributed by atoms with Crippen molar-refractivity contribution >= 4 is 11.7 Å². The van der Waals surface area contributed by atoms with Gasteiger partial charge in [0.25, 0.3) is 5.91 Å². The second-order valence-corrected chi connectivity index (χ2v) is 8.07. The van der Waals surface area contributed by atoms with Crippen molar-refractivity contribution < 1.29 is 14.3 Å². The molecule has 1 amide bonds. The Labute approximate surface area is 198 Å². The summed E-state index contributed by atoms with van der Waals surface area (Å²) in [5, 5.41) is 20.2. The van der Waals surface area contributed by atoms with Gasteiger partial charge in [-0.25, -0.2) is 4.98 Å². The van der Waals surface area contributed by atoms with Crippen LogP contribution in [0.3, 0.4) is 0 Å². The molecule has 174 valence electrons. The summed E-state index contributed by atoms with van der Waals surface area (Å²) >= 11 is 0. The minimum Gasteiger partial charge on any atom is -0.489 e. The van der Waals surface area contributed by atoms with Crippen LogP contribution in [-0.2, 0) is 6.54 Å². The molecule has 1 aliphatic heterocycles. The first kappa shape index (κ1) is 23.0. The largest absolute Gasteiger partial charge is 0.489 e. The molecule has 9 heteroatoms. The minimum absolute atomic E-state index is 0.104. The average Bonchev–Trinajstić information content (AvgIpc) is 2.88. The molecule has 0 spiro atoms. The molecule has 1 saturated heterocycles. The smallest absolute Gasteiger partial charge is 0.272 e. The first-order valence-electron chi connectivity index (χ1n) is 11.1. The van der Waals surface area contributed by atoms with Crippen molar-refractivity contribution in [2.24, 2.45) is 0 Å². The van der Waals surface area contributed by atoms with E-state index in [-0.39, 0.29) is 17.7 Å². The maximum absolute atomic E-state index is 12.5. The summed E-state index contributed by atoms with van der Waals surface area (Å²) in [6.45, 7) is 3.86. The number of rotatable bonds is 7. The molecule has 0 unspecified atom stereocenters. The molecule has 3 aromatic rings. The topological polar surface area (TPSA) is 113 Å². The summed E-state index contributed by atoms with van der Waals surface area (Å²) in [6, 6.07) is 14.6. The number of methoxy groups -OCH3 is 1. The van der Waals surface area contributed by atoms with Crippen LogP contribution in [0, 0.1) is 18.3 Å². The van der Waals surface area contributed by atoms with Gasteiger partial charge in [-0.3, -0.25) is 4.79 Å². The quantitative estimate of drug-likeness (QED) is 0.575. The van der Waals surface area contributed by atoms with E-state index in [0.717, 1.165) is 48.6 Å². The summed E-state index contributed by atoms with van der Waals surface area (Å²) in [6.07, 6.45) is 3.47. The van der Waals surface area contributed by atoms with Crippen LogP contribution in [0.1, 0.15) is 40.0 Å². The van der Waals surface area contributed by atoms with Crippen LogP contribution in [0.25, 0.3) is 0 Å². The minimum atomic E-state index is -0.285. The number of amides is 1. The number of anilines is 1. The van der Waals surface area contributed by atoms with Crippen molar-refractivity contribution in [1.82, 2.24) is 20.5 Å². The van der Waals surface area contributed by atoms with Crippen molar-refractivity contribution in [2.75, 3.05) is 25.1 Å². The molecule has 1 N–H and O–H groups in total. The van der Waals surface area contributed by atoms with E-state index in [4.69, 9.17) is 14.7 Å². The van der Waals surface area contributed by atoms with Gasteiger partial charge in [-0.15, -0.1) is 10.2 Å². The molecule has 1 fully saturated rings. The molecule has 0 aliphatic carbocycles. The van der Waals surface area contributed by atoms with Crippen molar-refractivity contribution in [3.05, 3.63) is 71.0 Å². The Balaban J connectivity index is 1.30. The van der Waals surface area contributed by atoms with Gasteiger partial charge in [-0.2, -0.15) is 5.26 Å². The molecule has 4 rings (SSSR count). The number of carbonyl (C=O) groups is 1. The highest BCUT2D eigenvalue weighted by atomic mass is 16.5. The van der Waals surface area contributed by atoms with Crippen LogP contribution >= 0.6 is 0 Å². The van der Waals surface area contributed by atoms with E-state index in [0.29, 0.717) is 18.0 Å². The van der Waals surface area contributed by atoms with E-state index in [9.17, 15) is 4.79 Å². The molecular weight excluding hydrogens is 432 g/mol. The number of hydrogen-bond donors (Lipinski definition) is 1. The van der Waals surface area contributed by atoms with Gasteiger partial charge in [0.1, 0.15) is 11.9 Å². The first-order valence-corrected chi connectivity index (χ1v) is 11.1. The van der Waals surface area contributed by atoms with Gasteiger partial charge in [-0.1, -0.05) is 12.1 Å². The fraction of sp³-hybridized carbons (Fsp3) is 0.320. The van der Waals surface area contributed by atoms with Gasteiger partial charge in [-0.05, 0) is 42.3 Å². The summed E-state index contributed by atoms with van der Waals surface area (Å²) < 4.78 is 11.1. The Morgan fingerprint density at radius 1 is 1.18 bits per heavy atom. The summed E-state index contributed by atoms with van der Waals surface area (Å²) in [5.74, 6) is 1.79. The lowest BCUT2D eigenvalue weighted by Gasteiger charge is -2.33. The second kappa shape index (κ2) is 10.6. The Hall–Kier alpha value is -4.19. The predicted molar refractivity (Wildman–Crippen MR) is 126 cm³/mol. The highest BCUT2D eigenvalue weighted by Gasteiger charge is 2.23. The van der Waals surface area contributed by atoms with Crippen LogP contribution in [0.5, 0.6) is 11.6 Å². The van der Waals surface area contributed by atoms with E-state index in [2.05, 4.69) is 31.5 Å². The maximum atomic E-state index is 12.5.